The number of aromatic nitrogens is 1. The molecule has 1 heterocycles. The number of benzene rings is 3. The first-order chi connectivity index (χ1) is 17.8. The minimum absolute atomic E-state index is 0.134. The minimum atomic E-state index is -0.625. The van der Waals surface area contributed by atoms with Gasteiger partial charge in [-0.3, -0.25) is 14.4 Å². The topological polar surface area (TPSA) is 77.4 Å². The van der Waals surface area contributed by atoms with Gasteiger partial charge in [0, 0.05) is 28.2 Å². The first kappa shape index (κ1) is 25.6. The summed E-state index contributed by atoms with van der Waals surface area (Å²) >= 11 is 0. The fourth-order valence-electron chi connectivity index (χ4n) is 4.25. The number of hydrogen-bond acceptors (Lipinski definition) is 4. The van der Waals surface area contributed by atoms with E-state index in [2.05, 4.69) is 5.32 Å². The van der Waals surface area contributed by atoms with Gasteiger partial charge in [0.1, 0.15) is 5.82 Å². The SMILES string of the molecule is Cc1cc(C(=O)COC(=O)C[C@@H](NC(=O)c2ccccc2)c2ccccc2)c(C)n1-c1ccc(F)cc1. The molecule has 0 aliphatic carbocycles. The second-order valence-electron chi connectivity index (χ2n) is 8.69. The average Bonchev–Trinajstić information content (AvgIpc) is 3.22. The fraction of sp³-hybridized carbons (Fsp3) is 0.167. The Morgan fingerprint density at radius 1 is 0.892 bits per heavy atom. The summed E-state index contributed by atoms with van der Waals surface area (Å²) in [4.78, 5) is 38.4. The third-order valence-electron chi connectivity index (χ3n) is 6.09. The van der Waals surface area contributed by atoms with Crippen LogP contribution in [0.3, 0.4) is 0 Å². The zero-order chi connectivity index (χ0) is 26.4. The number of ether oxygens (including phenoxy) is 1. The lowest BCUT2D eigenvalue weighted by Crippen LogP contribution is -2.31. The van der Waals surface area contributed by atoms with E-state index in [4.69, 9.17) is 4.74 Å². The van der Waals surface area contributed by atoms with Gasteiger partial charge in [0.15, 0.2) is 6.61 Å². The van der Waals surface area contributed by atoms with Crippen LogP contribution >= 0.6 is 0 Å². The summed E-state index contributed by atoms with van der Waals surface area (Å²) in [5.41, 5.74) is 3.84. The van der Waals surface area contributed by atoms with E-state index < -0.39 is 18.6 Å². The number of hydrogen-bond donors (Lipinski definition) is 1. The van der Waals surface area contributed by atoms with Crippen LogP contribution in [0.15, 0.2) is 91.0 Å². The van der Waals surface area contributed by atoms with Gasteiger partial charge in [0.2, 0.25) is 5.78 Å². The number of amides is 1. The Balaban J connectivity index is 1.43. The van der Waals surface area contributed by atoms with Gasteiger partial charge in [-0.05, 0) is 61.9 Å². The third kappa shape index (κ3) is 6.19. The van der Waals surface area contributed by atoms with Crippen molar-refractivity contribution in [1.82, 2.24) is 9.88 Å². The lowest BCUT2D eigenvalue weighted by Gasteiger charge is -2.18. The molecule has 1 atom stereocenters. The van der Waals surface area contributed by atoms with Gasteiger partial charge in [-0.25, -0.2) is 4.39 Å². The number of carbonyl (C=O) groups is 3. The molecule has 0 aliphatic rings. The second kappa shape index (κ2) is 11.5. The molecular formula is C30H27FN2O4. The highest BCUT2D eigenvalue weighted by atomic mass is 19.1. The van der Waals surface area contributed by atoms with Crippen LogP contribution in [0.4, 0.5) is 4.39 Å². The Hall–Kier alpha value is -4.52. The Morgan fingerprint density at radius 2 is 1.51 bits per heavy atom. The monoisotopic (exact) mass is 498 g/mol. The maximum Gasteiger partial charge on any atom is 0.308 e. The normalized spacial score (nSPS) is 11.5. The molecule has 188 valence electrons. The maximum absolute atomic E-state index is 13.3. The number of nitrogens with one attached hydrogen (secondary N) is 1. The van der Waals surface area contributed by atoms with Crippen molar-refractivity contribution in [3.63, 3.8) is 0 Å². The molecule has 0 unspecified atom stereocenters. The highest BCUT2D eigenvalue weighted by molar-refractivity contribution is 5.99. The molecule has 0 bridgehead atoms. The quantitative estimate of drug-likeness (QED) is 0.244. The second-order valence-corrected chi connectivity index (χ2v) is 8.69. The van der Waals surface area contributed by atoms with Crippen LogP contribution in [0, 0.1) is 19.7 Å². The van der Waals surface area contributed by atoms with Gasteiger partial charge in [-0.2, -0.15) is 0 Å². The number of esters is 1. The van der Waals surface area contributed by atoms with Crippen molar-refractivity contribution in [3.05, 3.63) is 125 Å². The number of Topliss-reactive ketones (excluding diaryl/α,β-unsaturated/α-hetero) is 1. The van der Waals surface area contributed by atoms with E-state index in [1.807, 2.05) is 47.9 Å². The van der Waals surface area contributed by atoms with Gasteiger partial charge < -0.3 is 14.6 Å². The largest absolute Gasteiger partial charge is 0.457 e. The molecule has 0 spiro atoms. The molecule has 37 heavy (non-hydrogen) atoms. The molecule has 0 saturated carbocycles. The van der Waals surface area contributed by atoms with Crippen molar-refractivity contribution in [3.8, 4) is 5.69 Å². The van der Waals surface area contributed by atoms with Crippen LogP contribution in [-0.4, -0.2) is 28.8 Å². The number of halogens is 1. The predicted octanol–water partition coefficient (Wildman–Crippen LogP) is 5.52. The number of rotatable bonds is 9. The average molecular weight is 499 g/mol. The summed E-state index contributed by atoms with van der Waals surface area (Å²) < 4.78 is 20.5. The van der Waals surface area contributed by atoms with Crippen molar-refractivity contribution >= 4 is 17.7 Å². The molecule has 4 aromatic rings. The number of aryl methyl sites for hydroxylation is 1. The van der Waals surface area contributed by atoms with E-state index in [-0.39, 0.29) is 23.9 Å². The van der Waals surface area contributed by atoms with Crippen molar-refractivity contribution < 1.29 is 23.5 Å². The van der Waals surface area contributed by atoms with Gasteiger partial charge in [-0.1, -0.05) is 48.5 Å². The van der Waals surface area contributed by atoms with Gasteiger partial charge >= 0.3 is 5.97 Å². The first-order valence-corrected chi connectivity index (χ1v) is 11.9. The summed E-state index contributed by atoms with van der Waals surface area (Å²) in [5.74, 6) is -1.61. The van der Waals surface area contributed by atoms with Crippen LogP contribution in [0.25, 0.3) is 5.69 Å². The van der Waals surface area contributed by atoms with Crippen LogP contribution < -0.4 is 5.32 Å². The molecule has 0 aliphatic heterocycles. The van der Waals surface area contributed by atoms with Crippen LogP contribution in [0.5, 0.6) is 0 Å². The van der Waals surface area contributed by atoms with Crippen molar-refractivity contribution in [2.45, 2.75) is 26.3 Å². The molecular weight excluding hydrogens is 471 g/mol. The van der Waals surface area contributed by atoms with E-state index in [1.54, 1.807) is 49.4 Å². The summed E-state index contributed by atoms with van der Waals surface area (Å²) in [7, 11) is 0. The first-order valence-electron chi connectivity index (χ1n) is 11.9. The third-order valence-corrected chi connectivity index (χ3v) is 6.09. The molecule has 3 aromatic carbocycles. The fourth-order valence-corrected chi connectivity index (χ4v) is 4.25. The van der Waals surface area contributed by atoms with Crippen molar-refractivity contribution in [2.75, 3.05) is 6.61 Å². The van der Waals surface area contributed by atoms with E-state index >= 15 is 0 Å². The number of ketones is 1. The van der Waals surface area contributed by atoms with Gasteiger partial charge in [0.05, 0.1) is 12.5 Å². The van der Waals surface area contributed by atoms with Gasteiger partial charge in [0.25, 0.3) is 5.91 Å². The maximum atomic E-state index is 13.3. The Morgan fingerprint density at radius 3 is 2.16 bits per heavy atom. The van der Waals surface area contributed by atoms with Crippen LogP contribution in [0.2, 0.25) is 0 Å². The highest BCUT2D eigenvalue weighted by Crippen LogP contribution is 2.22. The molecule has 0 fully saturated rings. The highest BCUT2D eigenvalue weighted by Gasteiger charge is 2.22. The van der Waals surface area contributed by atoms with E-state index in [9.17, 15) is 18.8 Å². The summed E-state index contributed by atoms with van der Waals surface area (Å²) in [6.07, 6.45) is -0.134. The lowest BCUT2D eigenvalue weighted by molar-refractivity contribution is -0.143. The smallest absolute Gasteiger partial charge is 0.308 e. The molecule has 0 radical (unpaired) electrons. The molecule has 4 rings (SSSR count). The van der Waals surface area contributed by atoms with Crippen molar-refractivity contribution in [1.29, 1.82) is 0 Å². The van der Waals surface area contributed by atoms with Crippen LogP contribution in [-0.2, 0) is 9.53 Å². The van der Waals surface area contributed by atoms with Crippen molar-refractivity contribution in [2.24, 2.45) is 0 Å². The Bertz CT molecular complexity index is 1400. The predicted molar refractivity (Wildman–Crippen MR) is 138 cm³/mol. The van der Waals surface area contributed by atoms with E-state index in [0.717, 1.165) is 16.9 Å². The summed E-state index contributed by atoms with van der Waals surface area (Å²) in [6, 6.07) is 24.9. The summed E-state index contributed by atoms with van der Waals surface area (Å²) in [6.45, 7) is 3.20. The molecule has 6 nitrogen and oxygen atoms in total. The zero-order valence-corrected chi connectivity index (χ0v) is 20.6. The number of carbonyl (C=O) groups excluding carboxylic acids is 3. The van der Waals surface area contributed by atoms with E-state index in [0.29, 0.717) is 16.8 Å². The molecule has 1 aromatic heterocycles. The zero-order valence-electron chi connectivity index (χ0n) is 20.6. The van der Waals surface area contributed by atoms with Gasteiger partial charge in [-0.15, -0.1) is 0 Å². The molecule has 1 N–H and O–H groups in total. The Kier molecular flexibility index (Phi) is 7.93. The lowest BCUT2D eigenvalue weighted by atomic mass is 10.0. The molecule has 7 heteroatoms. The minimum Gasteiger partial charge on any atom is -0.457 e. The molecule has 1 amide bonds. The van der Waals surface area contributed by atoms with Crippen LogP contribution in [0.1, 0.15) is 50.1 Å². The summed E-state index contributed by atoms with van der Waals surface area (Å²) in [5, 5.41) is 2.89. The Labute approximate surface area is 214 Å². The standard InChI is InChI=1S/C30H27FN2O4/c1-20-17-26(21(2)33(20)25-15-13-24(31)14-16-25)28(34)19-37-29(35)18-27(22-9-5-3-6-10-22)32-30(36)23-11-7-4-8-12-23/h3-17,27H,18-19H2,1-2H3,(H,32,36)/t27-/m1/s1. The van der Waals surface area contributed by atoms with E-state index in [1.165, 1.54) is 12.1 Å². The molecule has 0 saturated heterocycles. The number of nitrogens with zero attached hydrogens (tertiary/aromatic N) is 1.